The van der Waals surface area contributed by atoms with Crippen molar-refractivity contribution < 1.29 is 0 Å². The van der Waals surface area contributed by atoms with Crippen LogP contribution in [0.25, 0.3) is 0 Å². The lowest BCUT2D eigenvalue weighted by atomic mass is 9.75. The second kappa shape index (κ2) is 6.67. The fourth-order valence-corrected chi connectivity index (χ4v) is 4.12. The van der Waals surface area contributed by atoms with Gasteiger partial charge in [-0.1, -0.05) is 20.8 Å². The zero-order valence-corrected chi connectivity index (χ0v) is 14.4. The van der Waals surface area contributed by atoms with Crippen molar-refractivity contribution in [1.29, 1.82) is 5.26 Å². The molecule has 0 spiro atoms. The minimum Gasteiger partial charge on any atom is -0.300 e. The molecule has 3 nitrogen and oxygen atoms in total. The fourth-order valence-electron chi connectivity index (χ4n) is 4.12. The topological polar surface area (TPSA) is 39.1 Å². The molecule has 0 heterocycles. The van der Waals surface area contributed by atoms with E-state index in [4.69, 9.17) is 0 Å². The Morgan fingerprint density at radius 1 is 1.14 bits per heavy atom. The smallest absolute Gasteiger partial charge is 0.108 e. The number of nitriles is 1. The Bertz CT molecular complexity index is 374. The lowest BCUT2D eigenvalue weighted by Crippen LogP contribution is -2.46. The molecule has 2 rings (SSSR count). The lowest BCUT2D eigenvalue weighted by Gasteiger charge is -2.41. The molecule has 120 valence electrons. The molecule has 2 aliphatic carbocycles. The SMILES string of the molecule is CCCNC1(C#N)CCC(N(C)C2CCC(C)(C)CC2)C1. The Balaban J connectivity index is 1.90. The van der Waals surface area contributed by atoms with E-state index in [0.717, 1.165) is 31.8 Å². The summed E-state index contributed by atoms with van der Waals surface area (Å²) in [4.78, 5) is 2.60. The van der Waals surface area contributed by atoms with Gasteiger partial charge in [0.25, 0.3) is 0 Å². The third kappa shape index (κ3) is 3.99. The van der Waals surface area contributed by atoms with Gasteiger partial charge >= 0.3 is 0 Å². The summed E-state index contributed by atoms with van der Waals surface area (Å²) in [5, 5.41) is 13.1. The third-order valence-corrected chi connectivity index (χ3v) is 5.88. The van der Waals surface area contributed by atoms with Crippen LogP contribution in [-0.4, -0.2) is 36.1 Å². The van der Waals surface area contributed by atoms with Gasteiger partial charge < -0.3 is 4.90 Å². The van der Waals surface area contributed by atoms with Crippen molar-refractivity contribution >= 4 is 0 Å². The minimum atomic E-state index is -0.261. The van der Waals surface area contributed by atoms with Crippen LogP contribution in [0.2, 0.25) is 0 Å². The van der Waals surface area contributed by atoms with Gasteiger partial charge in [0, 0.05) is 12.1 Å². The van der Waals surface area contributed by atoms with Crippen molar-refractivity contribution in [2.45, 2.75) is 89.8 Å². The van der Waals surface area contributed by atoms with Crippen LogP contribution < -0.4 is 5.32 Å². The van der Waals surface area contributed by atoms with Crippen molar-refractivity contribution in [2.24, 2.45) is 5.41 Å². The molecule has 0 aromatic heterocycles. The minimum absolute atomic E-state index is 0.261. The highest BCUT2D eigenvalue weighted by Gasteiger charge is 2.42. The summed E-state index contributed by atoms with van der Waals surface area (Å²) in [5.74, 6) is 0. The zero-order chi connectivity index (χ0) is 15.5. The third-order valence-electron chi connectivity index (χ3n) is 5.88. The summed E-state index contributed by atoms with van der Waals surface area (Å²) >= 11 is 0. The number of nitrogens with zero attached hydrogens (tertiary/aromatic N) is 2. The number of nitrogens with one attached hydrogen (secondary N) is 1. The number of hydrogen-bond acceptors (Lipinski definition) is 3. The molecule has 1 N–H and O–H groups in total. The maximum atomic E-state index is 9.59. The van der Waals surface area contributed by atoms with E-state index in [1.807, 2.05) is 0 Å². The van der Waals surface area contributed by atoms with Crippen LogP contribution in [0.1, 0.15) is 72.1 Å². The molecular formula is C18H33N3. The predicted molar refractivity (Wildman–Crippen MR) is 88.1 cm³/mol. The first-order chi connectivity index (χ1) is 9.91. The first-order valence-electron chi connectivity index (χ1n) is 8.80. The Hall–Kier alpha value is -0.590. The standard InChI is InChI=1S/C18H33N3/c1-5-12-20-18(14-19)11-8-16(13-18)21(4)15-6-9-17(2,3)10-7-15/h15-16,20H,5-13H2,1-4H3. The quantitative estimate of drug-likeness (QED) is 0.839. The van der Waals surface area contributed by atoms with E-state index in [2.05, 4.69) is 44.1 Å². The first kappa shape index (κ1) is 16.8. The molecule has 0 aliphatic heterocycles. The Labute approximate surface area is 131 Å². The molecule has 2 unspecified atom stereocenters. The Kier molecular flexibility index (Phi) is 5.33. The fraction of sp³-hybridized carbons (Fsp3) is 0.944. The Morgan fingerprint density at radius 2 is 1.76 bits per heavy atom. The normalized spacial score (nSPS) is 33.2. The molecule has 21 heavy (non-hydrogen) atoms. The number of hydrogen-bond donors (Lipinski definition) is 1. The van der Waals surface area contributed by atoms with E-state index in [0.29, 0.717) is 11.5 Å². The highest BCUT2D eigenvalue weighted by Crippen LogP contribution is 2.39. The van der Waals surface area contributed by atoms with E-state index in [-0.39, 0.29) is 5.54 Å². The molecule has 2 atom stereocenters. The second-order valence-corrected chi connectivity index (χ2v) is 8.08. The van der Waals surface area contributed by atoms with Crippen molar-refractivity contribution in [2.75, 3.05) is 13.6 Å². The lowest BCUT2D eigenvalue weighted by molar-refractivity contribution is 0.0940. The van der Waals surface area contributed by atoms with Gasteiger partial charge in [0.2, 0.25) is 0 Å². The maximum absolute atomic E-state index is 9.59. The molecule has 2 aliphatic rings. The van der Waals surface area contributed by atoms with Crippen molar-refractivity contribution in [1.82, 2.24) is 10.2 Å². The van der Waals surface area contributed by atoms with Crippen LogP contribution >= 0.6 is 0 Å². The van der Waals surface area contributed by atoms with Gasteiger partial charge in [0.05, 0.1) is 6.07 Å². The van der Waals surface area contributed by atoms with Gasteiger partial charge in [0.1, 0.15) is 5.54 Å². The van der Waals surface area contributed by atoms with Gasteiger partial charge in [-0.05, 0) is 70.4 Å². The Morgan fingerprint density at radius 3 is 2.33 bits per heavy atom. The zero-order valence-electron chi connectivity index (χ0n) is 14.4. The molecule has 0 bridgehead atoms. The second-order valence-electron chi connectivity index (χ2n) is 8.08. The van der Waals surface area contributed by atoms with Crippen molar-refractivity contribution in [3.05, 3.63) is 0 Å². The average Bonchev–Trinajstić information content (AvgIpc) is 2.89. The van der Waals surface area contributed by atoms with Gasteiger partial charge in [-0.3, -0.25) is 5.32 Å². The van der Waals surface area contributed by atoms with E-state index >= 15 is 0 Å². The molecular weight excluding hydrogens is 258 g/mol. The van der Waals surface area contributed by atoms with E-state index in [1.54, 1.807) is 0 Å². The van der Waals surface area contributed by atoms with E-state index < -0.39 is 0 Å². The summed E-state index contributed by atoms with van der Waals surface area (Å²) in [6.07, 6.45) is 9.60. The van der Waals surface area contributed by atoms with E-state index in [9.17, 15) is 5.26 Å². The van der Waals surface area contributed by atoms with Gasteiger partial charge in [-0.15, -0.1) is 0 Å². The van der Waals surface area contributed by atoms with Crippen LogP contribution in [0.4, 0.5) is 0 Å². The highest BCUT2D eigenvalue weighted by atomic mass is 15.2. The summed E-state index contributed by atoms with van der Waals surface area (Å²) in [6.45, 7) is 7.92. The van der Waals surface area contributed by atoms with Crippen LogP contribution in [-0.2, 0) is 0 Å². The molecule has 0 amide bonds. The molecule has 0 aromatic rings. The van der Waals surface area contributed by atoms with Gasteiger partial charge in [0.15, 0.2) is 0 Å². The van der Waals surface area contributed by atoms with Crippen LogP contribution in [0, 0.1) is 16.7 Å². The van der Waals surface area contributed by atoms with Crippen LogP contribution in [0.5, 0.6) is 0 Å². The number of rotatable bonds is 5. The van der Waals surface area contributed by atoms with Gasteiger partial charge in [-0.25, -0.2) is 0 Å². The molecule has 0 radical (unpaired) electrons. The van der Waals surface area contributed by atoms with E-state index in [1.165, 1.54) is 32.1 Å². The summed E-state index contributed by atoms with van der Waals surface area (Å²) in [6, 6.07) is 3.88. The monoisotopic (exact) mass is 291 g/mol. The van der Waals surface area contributed by atoms with Gasteiger partial charge in [-0.2, -0.15) is 5.26 Å². The van der Waals surface area contributed by atoms with Crippen LogP contribution in [0.3, 0.4) is 0 Å². The van der Waals surface area contributed by atoms with Crippen molar-refractivity contribution in [3.63, 3.8) is 0 Å². The largest absolute Gasteiger partial charge is 0.300 e. The predicted octanol–water partition coefficient (Wildman–Crippen LogP) is 3.70. The molecule has 3 heteroatoms. The maximum Gasteiger partial charge on any atom is 0.108 e. The molecule has 2 fully saturated rings. The van der Waals surface area contributed by atoms with Crippen LogP contribution in [0.15, 0.2) is 0 Å². The summed E-state index contributed by atoms with van der Waals surface area (Å²) in [5.41, 5.74) is 0.273. The molecule has 0 aromatic carbocycles. The summed E-state index contributed by atoms with van der Waals surface area (Å²) < 4.78 is 0. The summed E-state index contributed by atoms with van der Waals surface area (Å²) in [7, 11) is 2.29. The highest BCUT2D eigenvalue weighted by molar-refractivity contribution is 5.13. The average molecular weight is 291 g/mol. The first-order valence-corrected chi connectivity index (χ1v) is 8.80. The van der Waals surface area contributed by atoms with Crippen molar-refractivity contribution in [3.8, 4) is 6.07 Å². The molecule has 2 saturated carbocycles. The molecule has 0 saturated heterocycles.